The summed E-state index contributed by atoms with van der Waals surface area (Å²) in [5.41, 5.74) is 0.990. The molecule has 0 aliphatic carbocycles. The minimum absolute atomic E-state index is 0.0655. The van der Waals surface area contributed by atoms with Crippen molar-refractivity contribution in [1.29, 1.82) is 0 Å². The number of pyridine rings is 1. The Bertz CT molecular complexity index is 484. The number of methoxy groups -OCH3 is 1. The number of hydrogen-bond donors (Lipinski definition) is 0. The lowest BCUT2D eigenvalue weighted by Crippen LogP contribution is -2.13. The third kappa shape index (κ3) is 2.98. The van der Waals surface area contributed by atoms with Crippen molar-refractivity contribution >= 4 is 28.4 Å². The highest BCUT2D eigenvalue weighted by Crippen LogP contribution is 2.39. The summed E-state index contributed by atoms with van der Waals surface area (Å²) in [4.78, 5) is 27.7. The molecule has 2 heterocycles. The molecule has 1 aliphatic heterocycles. The van der Waals surface area contributed by atoms with E-state index in [0.29, 0.717) is 6.42 Å². The smallest absolute Gasteiger partial charge is 0.305 e. The molecule has 5 heteroatoms. The number of ketones is 1. The molecule has 0 radical (unpaired) electrons. The maximum atomic E-state index is 11.8. The average molecular weight is 263 g/mol. The third-order valence-corrected chi connectivity index (χ3v) is 4.02. The van der Waals surface area contributed by atoms with Gasteiger partial charge in [-0.25, -0.2) is 0 Å². The molecule has 1 aromatic rings. The molecule has 0 saturated carbocycles. The van der Waals surface area contributed by atoms with Crippen molar-refractivity contribution in [2.45, 2.75) is 18.1 Å². The monoisotopic (exact) mass is 263 g/mol. The topological polar surface area (TPSA) is 56.3 Å². The predicted octanol–water partition coefficient (Wildman–Crippen LogP) is 2.06. The lowest BCUT2D eigenvalue weighted by molar-refractivity contribution is -0.140. The van der Waals surface area contributed by atoms with Crippen LogP contribution in [0.5, 0.6) is 0 Å². The molecular weight excluding hydrogens is 250 g/mol. The Hall–Kier alpha value is -1.62. The molecule has 0 fully saturated rings. The molecule has 0 aromatic carbocycles. The first-order chi connectivity index (χ1) is 8.70. The maximum absolute atomic E-state index is 11.8. The normalized spacial score (nSPS) is 18.6. The molecule has 4 nitrogen and oxygen atoms in total. The standard InChI is InChI=1S/C13H13NO3S/c1-17-13(16)3-2-11-10(15)8-12(18-11)9-4-6-14-7-5-9/h4-8,11H,2-3H2,1H3. The Kier molecular flexibility index (Phi) is 4.15. The van der Waals surface area contributed by atoms with Crippen LogP contribution >= 0.6 is 11.8 Å². The van der Waals surface area contributed by atoms with E-state index >= 15 is 0 Å². The molecule has 1 aliphatic rings. The Labute approximate surface area is 109 Å². The highest BCUT2D eigenvalue weighted by Gasteiger charge is 2.27. The summed E-state index contributed by atoms with van der Waals surface area (Å²) in [6, 6.07) is 3.74. The number of nitrogens with zero attached hydrogens (tertiary/aromatic N) is 1. The number of rotatable bonds is 4. The molecule has 1 unspecified atom stereocenters. The fourth-order valence-corrected chi connectivity index (χ4v) is 2.87. The van der Waals surface area contributed by atoms with Gasteiger partial charge in [0.05, 0.1) is 12.4 Å². The van der Waals surface area contributed by atoms with Crippen molar-refractivity contribution in [2.75, 3.05) is 7.11 Å². The Morgan fingerprint density at radius 1 is 1.44 bits per heavy atom. The summed E-state index contributed by atoms with van der Waals surface area (Å²) in [5.74, 6) is -0.212. The van der Waals surface area contributed by atoms with Gasteiger partial charge in [-0.3, -0.25) is 14.6 Å². The van der Waals surface area contributed by atoms with Gasteiger partial charge in [0.25, 0.3) is 0 Å². The van der Waals surface area contributed by atoms with Crippen LogP contribution in [0.2, 0.25) is 0 Å². The zero-order valence-corrected chi connectivity index (χ0v) is 10.8. The number of thioether (sulfide) groups is 1. The van der Waals surface area contributed by atoms with Gasteiger partial charge >= 0.3 is 5.97 Å². The molecule has 0 bridgehead atoms. The zero-order chi connectivity index (χ0) is 13.0. The second-order valence-electron chi connectivity index (χ2n) is 3.87. The average Bonchev–Trinajstić information content (AvgIpc) is 2.78. The van der Waals surface area contributed by atoms with Gasteiger partial charge in [-0.05, 0) is 30.2 Å². The van der Waals surface area contributed by atoms with Crippen LogP contribution in [0.1, 0.15) is 18.4 Å². The number of carbonyl (C=O) groups excluding carboxylic acids is 2. The highest BCUT2D eigenvalue weighted by molar-refractivity contribution is 8.10. The van der Waals surface area contributed by atoms with Crippen molar-refractivity contribution in [1.82, 2.24) is 4.98 Å². The van der Waals surface area contributed by atoms with Gasteiger partial charge in [0, 0.05) is 23.7 Å². The van der Waals surface area contributed by atoms with Crippen molar-refractivity contribution in [3.63, 3.8) is 0 Å². The van der Waals surface area contributed by atoms with E-state index in [4.69, 9.17) is 0 Å². The zero-order valence-electron chi connectivity index (χ0n) is 9.96. The Morgan fingerprint density at radius 3 is 2.83 bits per heavy atom. The summed E-state index contributed by atoms with van der Waals surface area (Å²) in [7, 11) is 1.35. The van der Waals surface area contributed by atoms with Crippen LogP contribution in [0.15, 0.2) is 30.6 Å². The molecule has 1 atom stereocenters. The Morgan fingerprint density at radius 2 is 2.17 bits per heavy atom. The van der Waals surface area contributed by atoms with E-state index in [0.717, 1.165) is 10.5 Å². The quantitative estimate of drug-likeness (QED) is 0.778. The van der Waals surface area contributed by atoms with E-state index in [1.165, 1.54) is 18.9 Å². The summed E-state index contributed by atoms with van der Waals surface area (Å²) < 4.78 is 4.57. The first-order valence-corrected chi connectivity index (χ1v) is 6.48. The Balaban J connectivity index is 1.97. The van der Waals surface area contributed by atoms with Crippen LogP contribution < -0.4 is 0 Å². The highest BCUT2D eigenvalue weighted by atomic mass is 32.2. The fraction of sp³-hybridized carbons (Fsp3) is 0.308. The first kappa shape index (κ1) is 12.8. The largest absolute Gasteiger partial charge is 0.469 e. The maximum Gasteiger partial charge on any atom is 0.305 e. The molecule has 2 rings (SSSR count). The number of hydrogen-bond acceptors (Lipinski definition) is 5. The van der Waals surface area contributed by atoms with Crippen LogP contribution in [-0.4, -0.2) is 29.1 Å². The van der Waals surface area contributed by atoms with Gasteiger partial charge < -0.3 is 4.74 Å². The van der Waals surface area contributed by atoms with Crippen molar-refractivity contribution in [3.05, 3.63) is 36.2 Å². The van der Waals surface area contributed by atoms with Crippen molar-refractivity contribution in [3.8, 4) is 0 Å². The molecule has 1 aromatic heterocycles. The predicted molar refractivity (Wildman–Crippen MR) is 69.9 cm³/mol. The van der Waals surface area contributed by atoms with Crippen LogP contribution in [0.3, 0.4) is 0 Å². The van der Waals surface area contributed by atoms with E-state index in [1.807, 2.05) is 12.1 Å². The van der Waals surface area contributed by atoms with Crippen LogP contribution in [-0.2, 0) is 14.3 Å². The van der Waals surface area contributed by atoms with Gasteiger partial charge in [-0.2, -0.15) is 0 Å². The minimum atomic E-state index is -0.277. The molecular formula is C13H13NO3S. The van der Waals surface area contributed by atoms with E-state index in [9.17, 15) is 9.59 Å². The van der Waals surface area contributed by atoms with Gasteiger partial charge in [0.1, 0.15) is 0 Å². The van der Waals surface area contributed by atoms with Crippen molar-refractivity contribution in [2.24, 2.45) is 0 Å². The summed E-state index contributed by atoms with van der Waals surface area (Å²) in [6.45, 7) is 0. The van der Waals surface area contributed by atoms with Crippen LogP contribution in [0.25, 0.3) is 4.91 Å². The second-order valence-corrected chi connectivity index (χ2v) is 5.11. The lowest BCUT2D eigenvalue weighted by atomic mass is 10.1. The van der Waals surface area contributed by atoms with Crippen molar-refractivity contribution < 1.29 is 14.3 Å². The molecule has 18 heavy (non-hydrogen) atoms. The molecule has 0 saturated heterocycles. The summed E-state index contributed by atoms with van der Waals surface area (Å²) in [6.07, 6.45) is 5.83. The molecule has 0 N–H and O–H groups in total. The molecule has 0 amide bonds. The fourth-order valence-electron chi connectivity index (χ4n) is 1.69. The van der Waals surface area contributed by atoms with E-state index < -0.39 is 0 Å². The van der Waals surface area contributed by atoms with Gasteiger partial charge in [-0.1, -0.05) is 0 Å². The minimum Gasteiger partial charge on any atom is -0.469 e. The SMILES string of the molecule is COC(=O)CCC1SC(c2ccncc2)=CC1=O. The summed E-state index contributed by atoms with van der Waals surface area (Å²) in [5, 5.41) is -0.174. The van der Waals surface area contributed by atoms with E-state index in [2.05, 4.69) is 9.72 Å². The first-order valence-electron chi connectivity index (χ1n) is 5.60. The van der Waals surface area contributed by atoms with Gasteiger partial charge in [0.15, 0.2) is 5.78 Å². The summed E-state index contributed by atoms with van der Waals surface area (Å²) >= 11 is 1.50. The lowest BCUT2D eigenvalue weighted by Gasteiger charge is -2.07. The van der Waals surface area contributed by atoms with E-state index in [1.54, 1.807) is 18.5 Å². The second kappa shape index (κ2) is 5.82. The number of aromatic nitrogens is 1. The number of allylic oxidation sites excluding steroid dienone is 1. The molecule has 94 valence electrons. The van der Waals surface area contributed by atoms with Crippen LogP contribution in [0, 0.1) is 0 Å². The molecule has 0 spiro atoms. The van der Waals surface area contributed by atoms with E-state index in [-0.39, 0.29) is 23.4 Å². The van der Waals surface area contributed by atoms with Gasteiger partial charge in [0.2, 0.25) is 0 Å². The third-order valence-electron chi connectivity index (χ3n) is 2.66. The van der Waals surface area contributed by atoms with Crippen LogP contribution in [0.4, 0.5) is 0 Å². The number of carbonyl (C=O) groups is 2. The van der Waals surface area contributed by atoms with Gasteiger partial charge in [-0.15, -0.1) is 11.8 Å². The number of esters is 1. The number of ether oxygens (including phenoxy) is 1.